The van der Waals surface area contributed by atoms with Gasteiger partial charge in [-0.05, 0) is 75.6 Å². The number of imidazole rings is 1. The minimum atomic E-state index is -0.627. The lowest BCUT2D eigenvalue weighted by Crippen LogP contribution is -2.45. The summed E-state index contributed by atoms with van der Waals surface area (Å²) in [6.45, 7) is 9.36. The van der Waals surface area contributed by atoms with E-state index in [9.17, 15) is 20.0 Å². The Kier molecular flexibility index (Phi) is 8.49. The van der Waals surface area contributed by atoms with E-state index in [1.165, 1.54) is 0 Å². The van der Waals surface area contributed by atoms with Crippen LogP contribution in [0, 0.1) is 18.3 Å². The zero-order valence-electron chi connectivity index (χ0n) is 27.5. The van der Waals surface area contributed by atoms with Crippen LogP contribution in [0.25, 0.3) is 33.7 Å². The number of ether oxygens (including phenoxy) is 1. The first-order valence-corrected chi connectivity index (χ1v) is 15.9. The van der Waals surface area contributed by atoms with E-state index in [1.54, 1.807) is 34.7 Å². The molecule has 0 saturated heterocycles. The third-order valence-corrected chi connectivity index (χ3v) is 8.83. The lowest BCUT2D eigenvalue weighted by atomic mass is 9.96. The van der Waals surface area contributed by atoms with Crippen LogP contribution in [0.2, 0.25) is 5.02 Å². The van der Waals surface area contributed by atoms with Crippen LogP contribution in [-0.4, -0.2) is 48.2 Å². The number of carbonyl (C=O) groups excluding carboxylic acids is 2. The van der Waals surface area contributed by atoms with Crippen molar-refractivity contribution in [2.24, 2.45) is 7.05 Å². The number of rotatable bonds is 5. The van der Waals surface area contributed by atoms with Crippen molar-refractivity contribution in [1.82, 2.24) is 19.4 Å². The van der Waals surface area contributed by atoms with E-state index in [0.29, 0.717) is 62.1 Å². The SMILES string of the molecule is Cc1c(-c2nc3cc(CO)cc(C#N)c3o2)cccc1-c1cccc(NC(=O)c2nc3c(n2C)CC(C)N(C(=O)OC(C)(C)C)C3)c1Cl. The number of carbonyl (C=O) groups is 2. The maximum Gasteiger partial charge on any atom is 0.410 e. The molecular weight excluding hydrogens is 632 g/mol. The number of hydrogen-bond acceptors (Lipinski definition) is 8. The number of benzene rings is 3. The first-order chi connectivity index (χ1) is 22.8. The first-order valence-electron chi connectivity index (χ1n) is 15.5. The molecule has 11 nitrogen and oxygen atoms in total. The Hall–Kier alpha value is -5.18. The average molecular weight is 667 g/mol. The molecule has 2 N–H and O–H groups in total. The largest absolute Gasteiger partial charge is 0.444 e. The Morgan fingerprint density at radius 2 is 1.85 bits per heavy atom. The number of fused-ring (bicyclic) bond motifs is 2. The summed E-state index contributed by atoms with van der Waals surface area (Å²) in [5, 5.41) is 22.5. The Labute approximate surface area is 282 Å². The fourth-order valence-corrected chi connectivity index (χ4v) is 6.27. The molecule has 1 aliphatic rings. The minimum absolute atomic E-state index is 0.134. The second-order valence-corrected chi connectivity index (χ2v) is 13.3. The van der Waals surface area contributed by atoms with Crippen molar-refractivity contribution in [3.05, 3.63) is 87.5 Å². The molecule has 0 saturated carbocycles. The summed E-state index contributed by atoms with van der Waals surface area (Å²) in [6, 6.07) is 16.3. The summed E-state index contributed by atoms with van der Waals surface area (Å²) in [5.41, 5.74) is 6.01. The third kappa shape index (κ3) is 6.01. The molecule has 3 aromatic carbocycles. The minimum Gasteiger partial charge on any atom is -0.444 e. The number of aliphatic hydroxyl groups is 1. The number of nitriles is 1. The molecule has 246 valence electrons. The molecule has 5 aromatic rings. The van der Waals surface area contributed by atoms with Crippen LogP contribution in [0.3, 0.4) is 0 Å². The van der Waals surface area contributed by atoms with Crippen LogP contribution in [-0.2, 0) is 31.4 Å². The molecule has 1 atom stereocenters. The molecule has 2 aromatic heterocycles. The zero-order chi connectivity index (χ0) is 34.5. The van der Waals surface area contributed by atoms with E-state index in [4.69, 9.17) is 20.8 Å². The maximum atomic E-state index is 13.6. The molecular formula is C36H35ClN6O5. The molecule has 0 fully saturated rings. The van der Waals surface area contributed by atoms with Gasteiger partial charge >= 0.3 is 6.09 Å². The van der Waals surface area contributed by atoms with E-state index in [0.717, 1.165) is 16.8 Å². The first kappa shape index (κ1) is 32.7. The van der Waals surface area contributed by atoms with Gasteiger partial charge in [-0.1, -0.05) is 35.9 Å². The predicted molar refractivity (Wildman–Crippen MR) is 181 cm³/mol. The summed E-state index contributed by atoms with van der Waals surface area (Å²) < 4.78 is 13.4. The van der Waals surface area contributed by atoms with Crippen molar-refractivity contribution in [2.45, 2.75) is 65.8 Å². The molecule has 2 amide bonds. The monoisotopic (exact) mass is 666 g/mol. The number of aliphatic hydroxyl groups excluding tert-OH is 1. The summed E-state index contributed by atoms with van der Waals surface area (Å²) in [5.74, 6) is 0.0969. The van der Waals surface area contributed by atoms with E-state index in [1.807, 2.05) is 65.0 Å². The van der Waals surface area contributed by atoms with Gasteiger partial charge in [-0.15, -0.1) is 0 Å². The van der Waals surface area contributed by atoms with Gasteiger partial charge in [-0.25, -0.2) is 14.8 Å². The molecule has 1 unspecified atom stereocenters. The summed E-state index contributed by atoms with van der Waals surface area (Å²) in [4.78, 5) is 37.3. The van der Waals surface area contributed by atoms with Gasteiger partial charge in [0.25, 0.3) is 5.91 Å². The second-order valence-electron chi connectivity index (χ2n) is 12.9. The second kappa shape index (κ2) is 12.4. The highest BCUT2D eigenvalue weighted by atomic mass is 35.5. The molecule has 6 rings (SSSR count). The summed E-state index contributed by atoms with van der Waals surface area (Å²) in [6.07, 6.45) is 0.108. The highest BCUT2D eigenvalue weighted by Gasteiger charge is 2.34. The van der Waals surface area contributed by atoms with Crippen molar-refractivity contribution in [3.8, 4) is 28.7 Å². The number of oxazole rings is 1. The standard InChI is InChI=1S/C36H35ClN6O5/c1-19-13-29-28(17-43(19)35(46)48-36(3,4)5)39-32(42(29)6)33(45)40-26-12-8-11-25(30(26)37)23-9-7-10-24(20(23)2)34-41-27-15-21(18-44)14-22(16-38)31(27)47-34/h7-12,14-15,19,44H,13,17-18H2,1-6H3,(H,40,45). The van der Waals surface area contributed by atoms with Crippen LogP contribution in [0.5, 0.6) is 0 Å². The highest BCUT2D eigenvalue weighted by molar-refractivity contribution is 6.36. The van der Waals surface area contributed by atoms with Crippen molar-refractivity contribution in [1.29, 1.82) is 5.26 Å². The van der Waals surface area contributed by atoms with Crippen LogP contribution < -0.4 is 5.32 Å². The Morgan fingerprint density at radius 3 is 2.56 bits per heavy atom. The number of nitrogens with one attached hydrogen (secondary N) is 1. The van der Waals surface area contributed by atoms with Crippen LogP contribution in [0.15, 0.2) is 52.9 Å². The molecule has 48 heavy (non-hydrogen) atoms. The number of halogens is 1. The highest BCUT2D eigenvalue weighted by Crippen LogP contribution is 2.39. The van der Waals surface area contributed by atoms with E-state index < -0.39 is 17.6 Å². The van der Waals surface area contributed by atoms with Gasteiger partial charge in [0.2, 0.25) is 5.89 Å². The normalized spacial score (nSPS) is 14.5. The maximum absolute atomic E-state index is 13.6. The molecule has 0 bridgehead atoms. The van der Waals surface area contributed by atoms with Crippen molar-refractivity contribution >= 4 is 40.4 Å². The summed E-state index contributed by atoms with van der Waals surface area (Å²) >= 11 is 6.95. The van der Waals surface area contributed by atoms with Crippen molar-refractivity contribution in [2.75, 3.05) is 5.32 Å². The Morgan fingerprint density at radius 1 is 1.15 bits per heavy atom. The number of nitrogens with zero attached hydrogens (tertiary/aromatic N) is 5. The van der Waals surface area contributed by atoms with Crippen LogP contribution in [0.4, 0.5) is 10.5 Å². The summed E-state index contributed by atoms with van der Waals surface area (Å²) in [7, 11) is 1.79. The average Bonchev–Trinajstić information content (AvgIpc) is 3.61. The molecule has 0 spiro atoms. The Bertz CT molecular complexity index is 2140. The van der Waals surface area contributed by atoms with Crippen LogP contribution >= 0.6 is 11.6 Å². The van der Waals surface area contributed by atoms with Gasteiger partial charge in [0.1, 0.15) is 17.2 Å². The molecule has 12 heteroatoms. The predicted octanol–water partition coefficient (Wildman–Crippen LogP) is 7.16. The lowest BCUT2D eigenvalue weighted by molar-refractivity contribution is 0.0133. The smallest absolute Gasteiger partial charge is 0.410 e. The number of amides is 2. The van der Waals surface area contributed by atoms with Gasteiger partial charge in [-0.3, -0.25) is 9.69 Å². The topological polar surface area (TPSA) is 147 Å². The van der Waals surface area contributed by atoms with E-state index >= 15 is 0 Å². The van der Waals surface area contributed by atoms with E-state index in [-0.39, 0.29) is 25.0 Å². The molecule has 0 radical (unpaired) electrons. The number of hydrogen-bond donors (Lipinski definition) is 2. The molecule has 0 aliphatic carbocycles. The zero-order valence-corrected chi connectivity index (χ0v) is 28.3. The third-order valence-electron chi connectivity index (χ3n) is 8.42. The van der Waals surface area contributed by atoms with Gasteiger partial charge in [-0.2, -0.15) is 5.26 Å². The molecule has 3 heterocycles. The van der Waals surface area contributed by atoms with Gasteiger partial charge in [0, 0.05) is 36.3 Å². The van der Waals surface area contributed by atoms with Gasteiger partial charge < -0.3 is 24.1 Å². The van der Waals surface area contributed by atoms with Crippen LogP contribution in [0.1, 0.15) is 66.4 Å². The number of anilines is 1. The Balaban J connectivity index is 1.28. The fourth-order valence-electron chi connectivity index (χ4n) is 6.00. The fraction of sp³-hybridized carbons (Fsp3) is 0.306. The van der Waals surface area contributed by atoms with Gasteiger partial charge in [0.15, 0.2) is 11.4 Å². The molecule has 1 aliphatic heterocycles. The lowest BCUT2D eigenvalue weighted by Gasteiger charge is -2.34. The van der Waals surface area contributed by atoms with Crippen molar-refractivity contribution in [3.63, 3.8) is 0 Å². The quantitative estimate of drug-likeness (QED) is 0.201. The van der Waals surface area contributed by atoms with E-state index in [2.05, 4.69) is 21.4 Å². The van der Waals surface area contributed by atoms with Crippen molar-refractivity contribution < 1.29 is 23.8 Å². The van der Waals surface area contributed by atoms with Gasteiger partial charge in [0.05, 0.1) is 35.1 Å². The number of aromatic nitrogens is 3.